The fourth-order valence-corrected chi connectivity index (χ4v) is 2.39. The summed E-state index contributed by atoms with van der Waals surface area (Å²) in [4.78, 5) is 9.22. The van der Waals surface area contributed by atoms with Crippen molar-refractivity contribution in [2.45, 2.75) is 52.5 Å². The number of nitrogens with one attached hydrogen (secondary N) is 2. The van der Waals surface area contributed by atoms with Crippen LogP contribution in [0.2, 0.25) is 0 Å². The molecule has 1 aromatic rings. The zero-order valence-corrected chi connectivity index (χ0v) is 12.0. The number of hydrogen-bond donors (Lipinski definition) is 2. The van der Waals surface area contributed by atoms with Crippen molar-refractivity contribution in [3.8, 4) is 0 Å². The lowest BCUT2D eigenvalue weighted by Crippen LogP contribution is -2.34. The Kier molecular flexibility index (Phi) is 3.73. The lowest BCUT2D eigenvalue weighted by molar-refractivity contribution is 0.308. The summed E-state index contributed by atoms with van der Waals surface area (Å²) in [5.74, 6) is 4.02. The summed E-state index contributed by atoms with van der Waals surface area (Å²) in [6.07, 6.45) is 2.49. The van der Waals surface area contributed by atoms with Gasteiger partial charge in [-0.2, -0.15) is 0 Å². The van der Waals surface area contributed by atoms with Gasteiger partial charge in [0.25, 0.3) is 0 Å². The van der Waals surface area contributed by atoms with Crippen LogP contribution in [-0.4, -0.2) is 23.1 Å². The third-order valence-electron chi connectivity index (χ3n) is 3.63. The predicted molar refractivity (Wildman–Crippen MR) is 76.2 cm³/mol. The monoisotopic (exact) mass is 248 g/mol. The number of aromatic nitrogens is 2. The normalized spacial score (nSPS) is 22.8. The van der Waals surface area contributed by atoms with Gasteiger partial charge in [-0.05, 0) is 25.7 Å². The minimum Gasteiger partial charge on any atom is -0.373 e. The van der Waals surface area contributed by atoms with E-state index in [2.05, 4.69) is 48.3 Å². The molecule has 100 valence electrons. The second-order valence-electron chi connectivity index (χ2n) is 5.73. The Hall–Kier alpha value is -1.32. The Morgan fingerprint density at radius 2 is 1.78 bits per heavy atom. The van der Waals surface area contributed by atoms with Crippen LogP contribution in [0.3, 0.4) is 0 Å². The molecule has 2 N–H and O–H groups in total. The maximum absolute atomic E-state index is 4.67. The highest BCUT2D eigenvalue weighted by Crippen LogP contribution is 2.31. The molecule has 1 fully saturated rings. The smallest absolute Gasteiger partial charge is 0.135 e. The SMILES string of the molecule is CNc1nc(C(C)C)nc(NC2CC(C)C2)c1C. The van der Waals surface area contributed by atoms with Crippen LogP contribution >= 0.6 is 0 Å². The molecule has 0 radical (unpaired) electrons. The number of nitrogens with zero attached hydrogens (tertiary/aromatic N) is 2. The number of rotatable bonds is 4. The van der Waals surface area contributed by atoms with Gasteiger partial charge < -0.3 is 10.6 Å². The summed E-state index contributed by atoms with van der Waals surface area (Å²) in [6.45, 7) is 8.61. The highest BCUT2D eigenvalue weighted by atomic mass is 15.1. The fourth-order valence-electron chi connectivity index (χ4n) is 2.39. The Labute approximate surface area is 110 Å². The minimum absolute atomic E-state index is 0.346. The molecule has 0 unspecified atom stereocenters. The molecule has 1 saturated carbocycles. The molecule has 1 heterocycles. The van der Waals surface area contributed by atoms with E-state index in [1.807, 2.05) is 7.05 Å². The largest absolute Gasteiger partial charge is 0.373 e. The van der Waals surface area contributed by atoms with Gasteiger partial charge in [0, 0.05) is 24.6 Å². The molecule has 0 saturated heterocycles. The van der Waals surface area contributed by atoms with E-state index < -0.39 is 0 Å². The first-order valence-electron chi connectivity index (χ1n) is 6.84. The van der Waals surface area contributed by atoms with Gasteiger partial charge >= 0.3 is 0 Å². The summed E-state index contributed by atoms with van der Waals surface area (Å²) < 4.78 is 0. The lowest BCUT2D eigenvalue weighted by Gasteiger charge is -2.34. The van der Waals surface area contributed by atoms with Gasteiger partial charge in [-0.15, -0.1) is 0 Å². The van der Waals surface area contributed by atoms with Gasteiger partial charge in [0.2, 0.25) is 0 Å². The van der Waals surface area contributed by atoms with Gasteiger partial charge in [-0.25, -0.2) is 9.97 Å². The van der Waals surface area contributed by atoms with Crippen molar-refractivity contribution in [3.63, 3.8) is 0 Å². The Bertz CT molecular complexity index is 422. The van der Waals surface area contributed by atoms with Crippen LogP contribution in [0.5, 0.6) is 0 Å². The van der Waals surface area contributed by atoms with Gasteiger partial charge in [-0.3, -0.25) is 0 Å². The van der Waals surface area contributed by atoms with E-state index in [1.165, 1.54) is 12.8 Å². The fraction of sp³-hybridized carbons (Fsp3) is 0.714. The Morgan fingerprint density at radius 1 is 1.17 bits per heavy atom. The molecule has 0 aliphatic heterocycles. The number of anilines is 2. The summed E-state index contributed by atoms with van der Waals surface area (Å²) in [5.41, 5.74) is 1.11. The second-order valence-corrected chi connectivity index (χ2v) is 5.73. The molecule has 1 aliphatic carbocycles. The minimum atomic E-state index is 0.346. The molecule has 0 aromatic carbocycles. The first-order chi connectivity index (χ1) is 8.51. The van der Waals surface area contributed by atoms with Gasteiger partial charge in [0.1, 0.15) is 17.5 Å². The van der Waals surface area contributed by atoms with Crippen LogP contribution < -0.4 is 10.6 Å². The summed E-state index contributed by atoms with van der Waals surface area (Å²) in [6, 6.07) is 0.582. The predicted octanol–water partition coefficient (Wildman–Crippen LogP) is 3.16. The lowest BCUT2D eigenvalue weighted by atomic mass is 9.82. The average molecular weight is 248 g/mol. The van der Waals surface area contributed by atoms with E-state index in [0.717, 1.165) is 28.9 Å². The highest BCUT2D eigenvalue weighted by molar-refractivity contribution is 5.57. The zero-order chi connectivity index (χ0) is 13.3. The van der Waals surface area contributed by atoms with Gasteiger partial charge in [0.15, 0.2) is 0 Å². The molecule has 2 rings (SSSR count). The third-order valence-corrected chi connectivity index (χ3v) is 3.63. The first kappa shape index (κ1) is 13.1. The van der Waals surface area contributed by atoms with Crippen LogP contribution in [0, 0.1) is 12.8 Å². The molecular weight excluding hydrogens is 224 g/mol. The van der Waals surface area contributed by atoms with Crippen molar-refractivity contribution in [2.75, 3.05) is 17.7 Å². The summed E-state index contributed by atoms with van der Waals surface area (Å²) in [5, 5.41) is 6.71. The molecule has 0 amide bonds. The number of hydrogen-bond acceptors (Lipinski definition) is 4. The summed E-state index contributed by atoms with van der Waals surface area (Å²) >= 11 is 0. The molecule has 1 aromatic heterocycles. The maximum atomic E-state index is 4.67. The van der Waals surface area contributed by atoms with Gasteiger partial charge in [-0.1, -0.05) is 20.8 Å². The van der Waals surface area contributed by atoms with E-state index in [1.54, 1.807) is 0 Å². The van der Waals surface area contributed by atoms with Crippen LogP contribution in [-0.2, 0) is 0 Å². The summed E-state index contributed by atoms with van der Waals surface area (Å²) in [7, 11) is 1.91. The van der Waals surface area contributed by atoms with E-state index in [9.17, 15) is 0 Å². The van der Waals surface area contributed by atoms with Crippen LogP contribution in [0.1, 0.15) is 50.9 Å². The zero-order valence-electron chi connectivity index (χ0n) is 12.0. The van der Waals surface area contributed by atoms with Crippen LogP contribution in [0.25, 0.3) is 0 Å². The molecule has 0 atom stereocenters. The molecule has 0 bridgehead atoms. The van der Waals surface area contributed by atoms with Crippen molar-refractivity contribution in [2.24, 2.45) is 5.92 Å². The third kappa shape index (κ3) is 2.57. The van der Waals surface area contributed by atoms with E-state index in [4.69, 9.17) is 0 Å². The molecule has 1 aliphatic rings. The second kappa shape index (κ2) is 5.12. The van der Waals surface area contributed by atoms with Crippen LogP contribution in [0.15, 0.2) is 0 Å². The molecule has 0 spiro atoms. The molecule has 4 heteroatoms. The van der Waals surface area contributed by atoms with Crippen molar-refractivity contribution < 1.29 is 0 Å². The standard InChI is InChI=1S/C14H24N4/c1-8(2)12-17-13(15-5)10(4)14(18-12)16-11-6-9(3)7-11/h8-9,11H,6-7H2,1-5H3,(H2,15,16,17,18). The topological polar surface area (TPSA) is 49.8 Å². The van der Waals surface area contributed by atoms with Crippen molar-refractivity contribution >= 4 is 11.6 Å². The molecular formula is C14H24N4. The Morgan fingerprint density at radius 3 is 2.28 bits per heavy atom. The molecule has 18 heavy (non-hydrogen) atoms. The van der Waals surface area contributed by atoms with Crippen LogP contribution in [0.4, 0.5) is 11.6 Å². The van der Waals surface area contributed by atoms with E-state index in [-0.39, 0.29) is 0 Å². The van der Waals surface area contributed by atoms with Crippen molar-refractivity contribution in [3.05, 3.63) is 11.4 Å². The van der Waals surface area contributed by atoms with E-state index >= 15 is 0 Å². The van der Waals surface area contributed by atoms with Crippen molar-refractivity contribution in [1.29, 1.82) is 0 Å². The highest BCUT2D eigenvalue weighted by Gasteiger charge is 2.26. The Balaban J connectivity index is 2.24. The molecule has 4 nitrogen and oxygen atoms in total. The average Bonchev–Trinajstić information content (AvgIpc) is 2.29. The van der Waals surface area contributed by atoms with Crippen molar-refractivity contribution in [1.82, 2.24) is 9.97 Å². The quantitative estimate of drug-likeness (QED) is 0.859. The van der Waals surface area contributed by atoms with Gasteiger partial charge in [0.05, 0.1) is 0 Å². The maximum Gasteiger partial charge on any atom is 0.135 e. The van der Waals surface area contributed by atoms with E-state index in [0.29, 0.717) is 12.0 Å². The first-order valence-corrected chi connectivity index (χ1v) is 6.84.